The SMILES string of the molecule is COc1cc(C(=S)NCC2CCCO2)ccc1OCC(N)=O. The maximum Gasteiger partial charge on any atom is 0.255 e. The molecule has 1 heterocycles. The van der Waals surface area contributed by atoms with E-state index in [2.05, 4.69) is 5.32 Å². The van der Waals surface area contributed by atoms with Gasteiger partial charge < -0.3 is 25.3 Å². The molecule has 0 aromatic heterocycles. The Morgan fingerprint density at radius 2 is 2.32 bits per heavy atom. The van der Waals surface area contributed by atoms with Crippen LogP contribution in [0.1, 0.15) is 18.4 Å². The summed E-state index contributed by atoms with van der Waals surface area (Å²) in [5.41, 5.74) is 5.88. The summed E-state index contributed by atoms with van der Waals surface area (Å²) < 4.78 is 16.1. The molecule has 6 nitrogen and oxygen atoms in total. The van der Waals surface area contributed by atoms with Gasteiger partial charge in [0.1, 0.15) is 4.99 Å². The monoisotopic (exact) mass is 324 g/mol. The Hall–Kier alpha value is -1.86. The van der Waals surface area contributed by atoms with E-state index in [1.165, 1.54) is 7.11 Å². The fourth-order valence-corrected chi connectivity index (χ4v) is 2.40. The summed E-state index contributed by atoms with van der Waals surface area (Å²) >= 11 is 5.37. The summed E-state index contributed by atoms with van der Waals surface area (Å²) in [5, 5.41) is 3.20. The first kappa shape index (κ1) is 16.5. The van der Waals surface area contributed by atoms with Gasteiger partial charge in [-0.2, -0.15) is 0 Å². The summed E-state index contributed by atoms with van der Waals surface area (Å²) in [6.45, 7) is 1.32. The molecule has 0 saturated carbocycles. The highest BCUT2D eigenvalue weighted by Gasteiger charge is 2.16. The Morgan fingerprint density at radius 3 is 2.95 bits per heavy atom. The van der Waals surface area contributed by atoms with Crippen molar-refractivity contribution in [2.24, 2.45) is 5.73 Å². The van der Waals surface area contributed by atoms with E-state index < -0.39 is 5.91 Å². The molecule has 2 rings (SSSR count). The number of carbonyl (C=O) groups is 1. The van der Waals surface area contributed by atoms with Gasteiger partial charge in [-0.15, -0.1) is 0 Å². The third kappa shape index (κ3) is 4.57. The van der Waals surface area contributed by atoms with Crippen LogP contribution in [-0.2, 0) is 9.53 Å². The molecule has 1 aliphatic heterocycles. The number of hydrogen-bond donors (Lipinski definition) is 2. The minimum atomic E-state index is -0.542. The van der Waals surface area contributed by atoms with E-state index in [1.807, 2.05) is 6.07 Å². The average molecular weight is 324 g/mol. The molecule has 120 valence electrons. The molecule has 7 heteroatoms. The molecule has 0 spiro atoms. The van der Waals surface area contributed by atoms with Gasteiger partial charge in [0.25, 0.3) is 5.91 Å². The van der Waals surface area contributed by atoms with Crippen LogP contribution in [0, 0.1) is 0 Å². The van der Waals surface area contributed by atoms with Crippen molar-refractivity contribution >= 4 is 23.1 Å². The third-order valence-electron chi connectivity index (χ3n) is 3.31. The van der Waals surface area contributed by atoms with Crippen molar-refractivity contribution in [1.29, 1.82) is 0 Å². The van der Waals surface area contributed by atoms with Gasteiger partial charge in [-0.3, -0.25) is 4.79 Å². The normalized spacial score (nSPS) is 17.0. The molecule has 0 aliphatic carbocycles. The molecule has 0 bridgehead atoms. The first-order chi connectivity index (χ1) is 10.6. The van der Waals surface area contributed by atoms with Crippen LogP contribution in [-0.4, -0.2) is 43.9 Å². The van der Waals surface area contributed by atoms with E-state index in [0.717, 1.165) is 25.0 Å². The van der Waals surface area contributed by atoms with E-state index in [4.69, 9.17) is 32.2 Å². The molecule has 3 N–H and O–H groups in total. The van der Waals surface area contributed by atoms with Gasteiger partial charge in [0, 0.05) is 18.7 Å². The molecule has 1 amide bonds. The van der Waals surface area contributed by atoms with Crippen LogP contribution < -0.4 is 20.5 Å². The topological polar surface area (TPSA) is 82.8 Å². The summed E-state index contributed by atoms with van der Waals surface area (Å²) in [6, 6.07) is 5.28. The zero-order valence-corrected chi connectivity index (χ0v) is 13.3. The van der Waals surface area contributed by atoms with Crippen LogP contribution in [0.15, 0.2) is 18.2 Å². The number of primary amides is 1. The molecule has 22 heavy (non-hydrogen) atoms. The lowest BCUT2D eigenvalue weighted by atomic mass is 10.2. The number of nitrogens with two attached hydrogens (primary N) is 1. The van der Waals surface area contributed by atoms with E-state index in [9.17, 15) is 4.79 Å². The molecule has 0 radical (unpaired) electrons. The lowest BCUT2D eigenvalue weighted by molar-refractivity contribution is -0.119. The number of nitrogens with one attached hydrogen (secondary N) is 1. The van der Waals surface area contributed by atoms with E-state index >= 15 is 0 Å². The molecule has 1 aromatic carbocycles. The second kappa shape index (κ2) is 7.95. The van der Waals surface area contributed by atoms with E-state index in [1.54, 1.807) is 12.1 Å². The fourth-order valence-electron chi connectivity index (χ4n) is 2.19. The first-order valence-corrected chi connectivity index (χ1v) is 7.50. The van der Waals surface area contributed by atoms with Gasteiger partial charge >= 0.3 is 0 Å². The van der Waals surface area contributed by atoms with Crippen molar-refractivity contribution in [2.45, 2.75) is 18.9 Å². The minimum Gasteiger partial charge on any atom is -0.493 e. The Labute approximate surface area is 134 Å². The zero-order valence-electron chi connectivity index (χ0n) is 12.5. The number of carbonyl (C=O) groups excluding carboxylic acids is 1. The molecular weight excluding hydrogens is 304 g/mol. The van der Waals surface area contributed by atoms with Crippen LogP contribution in [0.3, 0.4) is 0 Å². The van der Waals surface area contributed by atoms with E-state index in [-0.39, 0.29) is 12.7 Å². The van der Waals surface area contributed by atoms with Crippen LogP contribution in [0.4, 0.5) is 0 Å². The predicted octanol–water partition coefficient (Wildman–Crippen LogP) is 1.00. The van der Waals surface area contributed by atoms with Crippen molar-refractivity contribution < 1.29 is 19.0 Å². The van der Waals surface area contributed by atoms with Gasteiger partial charge in [0.15, 0.2) is 18.1 Å². The van der Waals surface area contributed by atoms with Crippen LogP contribution in [0.2, 0.25) is 0 Å². The smallest absolute Gasteiger partial charge is 0.255 e. The highest BCUT2D eigenvalue weighted by molar-refractivity contribution is 7.80. The first-order valence-electron chi connectivity index (χ1n) is 7.09. The Kier molecular flexibility index (Phi) is 5.97. The Bertz CT molecular complexity index is 544. The molecule has 1 aromatic rings. The number of hydrogen-bond acceptors (Lipinski definition) is 5. The van der Waals surface area contributed by atoms with Crippen molar-refractivity contribution in [3.8, 4) is 11.5 Å². The van der Waals surface area contributed by atoms with Gasteiger partial charge in [0.05, 0.1) is 13.2 Å². The minimum absolute atomic E-state index is 0.197. The summed E-state index contributed by atoms with van der Waals surface area (Å²) in [6.07, 6.45) is 2.37. The molecule has 1 unspecified atom stereocenters. The second-order valence-corrected chi connectivity index (χ2v) is 5.37. The maximum atomic E-state index is 10.8. The largest absolute Gasteiger partial charge is 0.493 e. The van der Waals surface area contributed by atoms with Crippen LogP contribution in [0.5, 0.6) is 11.5 Å². The van der Waals surface area contributed by atoms with Crippen LogP contribution in [0.25, 0.3) is 0 Å². The van der Waals surface area contributed by atoms with Crippen molar-refractivity contribution in [3.05, 3.63) is 23.8 Å². The maximum absolute atomic E-state index is 10.8. The number of methoxy groups -OCH3 is 1. The highest BCUT2D eigenvalue weighted by atomic mass is 32.1. The molecular formula is C15H20N2O4S. The second-order valence-electron chi connectivity index (χ2n) is 4.97. The summed E-state index contributed by atoms with van der Waals surface area (Å²) in [5.74, 6) is 0.409. The van der Waals surface area contributed by atoms with Gasteiger partial charge in [0.2, 0.25) is 0 Å². The third-order valence-corrected chi connectivity index (χ3v) is 3.69. The van der Waals surface area contributed by atoms with Crippen LogP contribution >= 0.6 is 12.2 Å². The standard InChI is InChI=1S/C15H20N2O4S/c1-19-13-7-10(4-5-12(13)21-9-14(16)18)15(22)17-8-11-3-2-6-20-11/h4-5,7,11H,2-3,6,8-9H2,1H3,(H2,16,18)(H,17,22). The predicted molar refractivity (Wildman–Crippen MR) is 86.4 cm³/mol. The fraction of sp³-hybridized carbons (Fsp3) is 0.467. The Morgan fingerprint density at radius 1 is 1.50 bits per heavy atom. The number of thiocarbonyl (C=S) groups is 1. The van der Waals surface area contributed by atoms with Crippen molar-refractivity contribution in [2.75, 3.05) is 26.9 Å². The lowest BCUT2D eigenvalue weighted by Gasteiger charge is -2.15. The van der Waals surface area contributed by atoms with Gasteiger partial charge in [-0.25, -0.2) is 0 Å². The average Bonchev–Trinajstić information content (AvgIpc) is 3.03. The number of rotatable bonds is 7. The highest BCUT2D eigenvalue weighted by Crippen LogP contribution is 2.28. The number of amides is 1. The van der Waals surface area contributed by atoms with Gasteiger partial charge in [-0.1, -0.05) is 12.2 Å². The van der Waals surface area contributed by atoms with Crippen molar-refractivity contribution in [3.63, 3.8) is 0 Å². The quantitative estimate of drug-likeness (QED) is 0.728. The Balaban J connectivity index is 1.97. The number of ether oxygens (including phenoxy) is 3. The number of benzene rings is 1. The van der Waals surface area contributed by atoms with Crippen molar-refractivity contribution in [1.82, 2.24) is 5.32 Å². The molecule has 1 fully saturated rings. The molecule has 1 atom stereocenters. The summed E-state index contributed by atoms with van der Waals surface area (Å²) in [4.78, 5) is 11.4. The van der Waals surface area contributed by atoms with Gasteiger partial charge in [-0.05, 0) is 31.0 Å². The summed E-state index contributed by atoms with van der Waals surface area (Å²) in [7, 11) is 1.53. The zero-order chi connectivity index (χ0) is 15.9. The molecule has 1 saturated heterocycles. The van der Waals surface area contributed by atoms with E-state index in [0.29, 0.717) is 23.0 Å². The lowest BCUT2D eigenvalue weighted by Crippen LogP contribution is -2.31. The molecule has 1 aliphatic rings.